The van der Waals surface area contributed by atoms with Gasteiger partial charge in [-0.2, -0.15) is 0 Å². The molecule has 0 fully saturated rings. The molecule has 0 bridgehead atoms. The van der Waals surface area contributed by atoms with Crippen LogP contribution in [-0.4, -0.2) is 37.6 Å². The minimum Gasteiger partial charge on any atom is -0.491 e. The van der Waals surface area contributed by atoms with E-state index in [2.05, 4.69) is 10.2 Å². The third-order valence-electron chi connectivity index (χ3n) is 4.22. The molecule has 2 unspecified atom stereocenters. The first-order valence-corrected chi connectivity index (χ1v) is 7.96. The Morgan fingerprint density at radius 2 is 1.92 bits per heavy atom. The van der Waals surface area contributed by atoms with Crippen LogP contribution >= 0.6 is 0 Å². The van der Waals surface area contributed by atoms with Gasteiger partial charge >= 0.3 is 0 Å². The van der Waals surface area contributed by atoms with Crippen LogP contribution in [0.25, 0.3) is 0 Å². The number of carbonyl (C=O) groups is 1. The van der Waals surface area contributed by atoms with Gasteiger partial charge in [-0.1, -0.05) is 30.3 Å². The first-order chi connectivity index (χ1) is 11.5. The molecule has 0 saturated heterocycles. The lowest BCUT2D eigenvalue weighted by atomic mass is 9.95. The van der Waals surface area contributed by atoms with E-state index in [-0.39, 0.29) is 30.2 Å². The lowest BCUT2D eigenvalue weighted by Crippen LogP contribution is -2.50. The van der Waals surface area contributed by atoms with Crippen molar-refractivity contribution < 1.29 is 13.9 Å². The maximum atomic E-state index is 13.0. The van der Waals surface area contributed by atoms with Crippen LogP contribution in [0.3, 0.4) is 0 Å². The van der Waals surface area contributed by atoms with E-state index in [4.69, 9.17) is 4.74 Å². The number of likely N-dealkylation sites (N-methyl/N-ethyl adjacent to an activating group) is 1. The zero-order valence-electron chi connectivity index (χ0n) is 13.8. The van der Waals surface area contributed by atoms with Gasteiger partial charge in [0.25, 0.3) is 0 Å². The summed E-state index contributed by atoms with van der Waals surface area (Å²) in [6.45, 7) is 0.426. The fourth-order valence-electron chi connectivity index (χ4n) is 3.15. The molecule has 5 heteroatoms. The molecule has 0 aliphatic carbocycles. The normalized spacial score (nSPS) is 19.5. The fourth-order valence-corrected chi connectivity index (χ4v) is 3.15. The van der Waals surface area contributed by atoms with Gasteiger partial charge < -0.3 is 15.0 Å². The summed E-state index contributed by atoms with van der Waals surface area (Å²) >= 11 is 0. The topological polar surface area (TPSA) is 41.6 Å². The van der Waals surface area contributed by atoms with Gasteiger partial charge in [-0.3, -0.25) is 4.79 Å². The fraction of sp³-hybridized carbons (Fsp3) is 0.316. The lowest BCUT2D eigenvalue weighted by molar-refractivity contribution is -0.122. The summed E-state index contributed by atoms with van der Waals surface area (Å²) in [5.74, 6) is 0.464. The van der Waals surface area contributed by atoms with E-state index in [0.717, 1.165) is 16.9 Å². The second-order valence-electron chi connectivity index (χ2n) is 6.23. The van der Waals surface area contributed by atoms with Gasteiger partial charge in [-0.15, -0.1) is 0 Å². The van der Waals surface area contributed by atoms with E-state index < -0.39 is 0 Å². The van der Waals surface area contributed by atoms with Crippen LogP contribution in [0.1, 0.15) is 17.2 Å². The standard InChI is InChI=1S/C19H21FN2O2/c1-22(2)19-15-5-3-4-6-17(15)24-12-16(19)21-18(23)11-13-7-9-14(20)10-8-13/h3-10,16,19H,11-12H2,1-2H3,(H,21,23). The van der Waals surface area contributed by atoms with Crippen molar-refractivity contribution in [3.05, 3.63) is 65.5 Å². The molecule has 1 aliphatic rings. The third-order valence-corrected chi connectivity index (χ3v) is 4.22. The monoisotopic (exact) mass is 328 g/mol. The summed E-state index contributed by atoms with van der Waals surface area (Å²) in [5.41, 5.74) is 1.85. The van der Waals surface area contributed by atoms with Crippen molar-refractivity contribution in [1.82, 2.24) is 10.2 Å². The van der Waals surface area contributed by atoms with E-state index in [9.17, 15) is 9.18 Å². The largest absolute Gasteiger partial charge is 0.491 e. The van der Waals surface area contributed by atoms with Crippen LogP contribution < -0.4 is 10.1 Å². The van der Waals surface area contributed by atoms with Crippen LogP contribution in [-0.2, 0) is 11.2 Å². The van der Waals surface area contributed by atoms with Gasteiger partial charge in [0.15, 0.2) is 0 Å². The number of para-hydroxylation sites is 1. The molecule has 1 N–H and O–H groups in total. The molecule has 0 aromatic heterocycles. The summed E-state index contributed by atoms with van der Waals surface area (Å²) in [4.78, 5) is 14.5. The van der Waals surface area contributed by atoms with E-state index in [1.165, 1.54) is 12.1 Å². The highest BCUT2D eigenvalue weighted by Gasteiger charge is 2.33. The van der Waals surface area contributed by atoms with Gasteiger partial charge in [0.2, 0.25) is 5.91 Å². The maximum Gasteiger partial charge on any atom is 0.224 e. The molecule has 0 radical (unpaired) electrons. The van der Waals surface area contributed by atoms with Crippen LogP contribution in [0.2, 0.25) is 0 Å². The Hall–Kier alpha value is -2.40. The van der Waals surface area contributed by atoms with E-state index >= 15 is 0 Å². The second-order valence-corrected chi connectivity index (χ2v) is 6.23. The van der Waals surface area contributed by atoms with Crippen LogP contribution in [0.4, 0.5) is 4.39 Å². The number of benzene rings is 2. The summed E-state index contributed by atoms with van der Waals surface area (Å²) < 4.78 is 18.7. The van der Waals surface area contributed by atoms with Crippen molar-refractivity contribution in [2.45, 2.75) is 18.5 Å². The molecule has 0 spiro atoms. The number of ether oxygens (including phenoxy) is 1. The number of halogens is 1. The van der Waals surface area contributed by atoms with E-state index in [1.807, 2.05) is 38.4 Å². The summed E-state index contributed by atoms with van der Waals surface area (Å²) in [7, 11) is 3.98. The molecule has 1 aliphatic heterocycles. The average molecular weight is 328 g/mol. The molecule has 126 valence electrons. The van der Waals surface area contributed by atoms with Crippen LogP contribution in [0, 0.1) is 5.82 Å². The molecule has 1 amide bonds. The predicted molar refractivity (Wildman–Crippen MR) is 90.4 cm³/mol. The number of amides is 1. The van der Waals surface area contributed by atoms with Gasteiger partial charge in [0, 0.05) is 5.56 Å². The van der Waals surface area contributed by atoms with Crippen molar-refractivity contribution in [2.75, 3.05) is 20.7 Å². The van der Waals surface area contributed by atoms with Crippen molar-refractivity contribution in [2.24, 2.45) is 0 Å². The first kappa shape index (κ1) is 16.5. The number of nitrogens with one attached hydrogen (secondary N) is 1. The Morgan fingerprint density at radius 1 is 1.21 bits per heavy atom. The number of fused-ring (bicyclic) bond motifs is 1. The Kier molecular flexibility index (Phi) is 4.81. The minimum absolute atomic E-state index is 0.0483. The molecule has 24 heavy (non-hydrogen) atoms. The van der Waals surface area contributed by atoms with Crippen molar-refractivity contribution in [1.29, 1.82) is 0 Å². The van der Waals surface area contributed by atoms with E-state index in [0.29, 0.717) is 6.61 Å². The smallest absolute Gasteiger partial charge is 0.224 e. The number of hydrogen-bond acceptors (Lipinski definition) is 3. The number of hydrogen-bond donors (Lipinski definition) is 1. The predicted octanol–water partition coefficient (Wildman–Crippen LogP) is 2.55. The van der Waals surface area contributed by atoms with Crippen molar-refractivity contribution in [3.8, 4) is 5.75 Å². The minimum atomic E-state index is -0.302. The molecular weight excluding hydrogens is 307 g/mol. The molecule has 3 rings (SSSR count). The van der Waals surface area contributed by atoms with Gasteiger partial charge in [0.1, 0.15) is 18.2 Å². The Morgan fingerprint density at radius 3 is 2.62 bits per heavy atom. The molecule has 1 heterocycles. The Bertz CT molecular complexity index is 716. The molecule has 0 saturated carbocycles. The Labute approximate surface area is 141 Å². The molecule has 2 aromatic carbocycles. The van der Waals surface area contributed by atoms with Crippen molar-refractivity contribution in [3.63, 3.8) is 0 Å². The summed E-state index contributed by atoms with van der Waals surface area (Å²) in [6, 6.07) is 13.8. The highest BCUT2D eigenvalue weighted by molar-refractivity contribution is 5.79. The zero-order chi connectivity index (χ0) is 17.1. The second kappa shape index (κ2) is 7.01. The maximum absolute atomic E-state index is 13.0. The molecule has 2 aromatic rings. The molecular formula is C19H21FN2O2. The van der Waals surface area contributed by atoms with Crippen molar-refractivity contribution >= 4 is 5.91 Å². The van der Waals surface area contributed by atoms with Crippen LogP contribution in [0.15, 0.2) is 48.5 Å². The lowest BCUT2D eigenvalue weighted by Gasteiger charge is -2.37. The summed E-state index contributed by atoms with van der Waals surface area (Å²) in [6.07, 6.45) is 0.221. The Balaban J connectivity index is 1.72. The first-order valence-electron chi connectivity index (χ1n) is 7.96. The number of rotatable bonds is 4. The quantitative estimate of drug-likeness (QED) is 0.938. The van der Waals surface area contributed by atoms with E-state index in [1.54, 1.807) is 12.1 Å². The van der Waals surface area contributed by atoms with Crippen LogP contribution in [0.5, 0.6) is 5.75 Å². The van der Waals surface area contributed by atoms with Gasteiger partial charge in [-0.25, -0.2) is 4.39 Å². The van der Waals surface area contributed by atoms with Gasteiger partial charge in [-0.05, 0) is 37.9 Å². The highest BCUT2D eigenvalue weighted by atomic mass is 19.1. The average Bonchev–Trinajstić information content (AvgIpc) is 2.56. The third kappa shape index (κ3) is 3.57. The highest BCUT2D eigenvalue weighted by Crippen LogP contribution is 2.34. The number of nitrogens with zero attached hydrogens (tertiary/aromatic N) is 1. The molecule has 2 atom stereocenters. The molecule has 4 nitrogen and oxygen atoms in total. The SMILES string of the molecule is CN(C)C1c2ccccc2OCC1NC(=O)Cc1ccc(F)cc1. The zero-order valence-corrected chi connectivity index (χ0v) is 13.8. The number of carbonyl (C=O) groups excluding carboxylic acids is 1. The summed E-state index contributed by atoms with van der Waals surface area (Å²) in [5, 5.41) is 3.05. The van der Waals surface area contributed by atoms with Gasteiger partial charge in [0.05, 0.1) is 18.5 Å².